The molecule has 27 heavy (non-hydrogen) atoms. The average Bonchev–Trinajstić information content (AvgIpc) is 2.70. The molecule has 0 saturated carbocycles. The van der Waals surface area contributed by atoms with E-state index in [1.165, 1.54) is 16.8 Å². The molecule has 0 aliphatic carbocycles. The number of nitrogens with zero attached hydrogens (tertiary/aromatic N) is 4. The molecule has 1 aliphatic heterocycles. The summed E-state index contributed by atoms with van der Waals surface area (Å²) in [6, 6.07) is 10.0. The summed E-state index contributed by atoms with van der Waals surface area (Å²) in [5.74, 6) is 0.579. The average molecular weight is 369 g/mol. The molecule has 0 unspecified atom stereocenters. The second kappa shape index (κ2) is 8.81. The lowest BCUT2D eigenvalue weighted by molar-refractivity contribution is 0.0931. The summed E-state index contributed by atoms with van der Waals surface area (Å²) in [4.78, 5) is 16.6. The highest BCUT2D eigenvalue weighted by Gasteiger charge is 2.20. The number of benzene rings is 1. The first-order valence-electron chi connectivity index (χ1n) is 9.27. The summed E-state index contributed by atoms with van der Waals surface area (Å²) in [6.07, 6.45) is 0. The van der Waals surface area contributed by atoms with Crippen molar-refractivity contribution in [2.75, 3.05) is 56.2 Å². The van der Waals surface area contributed by atoms with Gasteiger partial charge in [-0.15, -0.1) is 10.2 Å². The molecule has 0 bridgehead atoms. The van der Waals surface area contributed by atoms with E-state index in [1.807, 2.05) is 6.07 Å². The molecule has 1 saturated heterocycles. The van der Waals surface area contributed by atoms with E-state index in [1.54, 1.807) is 13.2 Å². The van der Waals surface area contributed by atoms with Crippen LogP contribution in [0.15, 0.2) is 30.3 Å². The van der Waals surface area contributed by atoms with Gasteiger partial charge in [-0.1, -0.05) is 12.1 Å². The van der Waals surface area contributed by atoms with E-state index in [-0.39, 0.29) is 5.91 Å². The van der Waals surface area contributed by atoms with Crippen molar-refractivity contribution in [2.45, 2.75) is 13.8 Å². The van der Waals surface area contributed by atoms with Crippen molar-refractivity contribution < 1.29 is 9.53 Å². The number of anilines is 2. The lowest BCUT2D eigenvalue weighted by atomic mass is 10.1. The standard InChI is InChI=1S/C20H27N5O2/c1-15-5-4-6-18(16(15)2)24-10-12-25(13-11-24)19-8-7-17(22-23-19)20(26)21-9-14-27-3/h4-8H,9-14H2,1-3H3,(H,21,26). The molecule has 2 aromatic rings. The van der Waals surface area contributed by atoms with Crippen LogP contribution in [-0.2, 0) is 4.74 Å². The van der Waals surface area contributed by atoms with Gasteiger partial charge in [0.15, 0.2) is 11.5 Å². The van der Waals surface area contributed by atoms with Crippen molar-refractivity contribution in [3.8, 4) is 0 Å². The lowest BCUT2D eigenvalue weighted by Crippen LogP contribution is -2.47. The Morgan fingerprint density at radius 1 is 1.07 bits per heavy atom. The van der Waals surface area contributed by atoms with Crippen molar-refractivity contribution >= 4 is 17.4 Å². The number of methoxy groups -OCH3 is 1. The third-order valence-electron chi connectivity index (χ3n) is 5.00. The van der Waals surface area contributed by atoms with Crippen molar-refractivity contribution in [3.63, 3.8) is 0 Å². The van der Waals surface area contributed by atoms with Gasteiger partial charge < -0.3 is 19.9 Å². The van der Waals surface area contributed by atoms with Crippen LogP contribution >= 0.6 is 0 Å². The van der Waals surface area contributed by atoms with Gasteiger partial charge in [-0.25, -0.2) is 0 Å². The molecule has 0 spiro atoms. The fraction of sp³-hybridized carbons (Fsp3) is 0.450. The maximum absolute atomic E-state index is 12.0. The quantitative estimate of drug-likeness (QED) is 0.783. The number of hydrogen-bond donors (Lipinski definition) is 1. The Bertz CT molecular complexity index is 770. The molecule has 0 radical (unpaired) electrons. The highest BCUT2D eigenvalue weighted by molar-refractivity contribution is 5.92. The SMILES string of the molecule is COCCNC(=O)c1ccc(N2CCN(c3cccc(C)c3C)CC2)nn1. The predicted octanol–water partition coefficient (Wildman–Crippen LogP) is 1.80. The Kier molecular flexibility index (Phi) is 6.24. The van der Waals surface area contributed by atoms with Gasteiger partial charge in [-0.2, -0.15) is 0 Å². The fourth-order valence-electron chi connectivity index (χ4n) is 3.23. The van der Waals surface area contributed by atoms with E-state index in [9.17, 15) is 4.79 Å². The van der Waals surface area contributed by atoms with Crippen molar-refractivity contribution in [1.29, 1.82) is 0 Å². The minimum Gasteiger partial charge on any atom is -0.383 e. The number of aryl methyl sites for hydroxylation is 1. The van der Waals surface area contributed by atoms with E-state index in [4.69, 9.17) is 4.74 Å². The molecule has 1 aliphatic rings. The second-order valence-electron chi connectivity index (χ2n) is 6.72. The van der Waals surface area contributed by atoms with Gasteiger partial charge in [-0.05, 0) is 43.2 Å². The molecule has 2 heterocycles. The molecular weight excluding hydrogens is 342 g/mol. The van der Waals surface area contributed by atoms with Gasteiger partial charge in [0.25, 0.3) is 5.91 Å². The van der Waals surface area contributed by atoms with E-state index in [2.05, 4.69) is 57.4 Å². The van der Waals surface area contributed by atoms with Crippen LogP contribution in [0, 0.1) is 13.8 Å². The van der Waals surface area contributed by atoms with Crippen LogP contribution in [0.25, 0.3) is 0 Å². The molecule has 7 heteroatoms. The van der Waals surface area contributed by atoms with Gasteiger partial charge in [0, 0.05) is 45.5 Å². The fourth-order valence-corrected chi connectivity index (χ4v) is 3.23. The van der Waals surface area contributed by atoms with Crippen LogP contribution < -0.4 is 15.1 Å². The first kappa shape index (κ1) is 19.1. The van der Waals surface area contributed by atoms with Gasteiger partial charge in [0.2, 0.25) is 0 Å². The van der Waals surface area contributed by atoms with Gasteiger partial charge in [0.05, 0.1) is 6.61 Å². The number of carbonyl (C=O) groups is 1. The van der Waals surface area contributed by atoms with E-state index < -0.39 is 0 Å². The van der Waals surface area contributed by atoms with Crippen LogP contribution in [-0.4, -0.2) is 62.5 Å². The first-order chi connectivity index (χ1) is 13.1. The molecule has 1 aromatic heterocycles. The van der Waals surface area contributed by atoms with Crippen LogP contribution in [0.4, 0.5) is 11.5 Å². The number of aromatic nitrogens is 2. The molecule has 1 N–H and O–H groups in total. The number of ether oxygens (including phenoxy) is 1. The Morgan fingerprint density at radius 3 is 2.48 bits per heavy atom. The second-order valence-corrected chi connectivity index (χ2v) is 6.72. The minimum atomic E-state index is -0.231. The van der Waals surface area contributed by atoms with Crippen LogP contribution in [0.2, 0.25) is 0 Å². The Hall–Kier alpha value is -2.67. The Balaban J connectivity index is 1.58. The largest absolute Gasteiger partial charge is 0.383 e. The van der Waals surface area contributed by atoms with Crippen LogP contribution in [0.1, 0.15) is 21.6 Å². The van der Waals surface area contributed by atoms with Gasteiger partial charge >= 0.3 is 0 Å². The van der Waals surface area contributed by atoms with E-state index in [0.29, 0.717) is 18.8 Å². The van der Waals surface area contributed by atoms with Crippen molar-refractivity contribution in [2.24, 2.45) is 0 Å². The number of amides is 1. The normalized spacial score (nSPS) is 14.3. The molecular formula is C20H27N5O2. The molecule has 0 atom stereocenters. The molecule has 1 amide bonds. The summed E-state index contributed by atoms with van der Waals surface area (Å²) < 4.78 is 4.92. The Morgan fingerprint density at radius 2 is 1.81 bits per heavy atom. The maximum Gasteiger partial charge on any atom is 0.271 e. The summed E-state index contributed by atoms with van der Waals surface area (Å²) in [5, 5.41) is 11.1. The Labute approximate surface area is 160 Å². The number of rotatable bonds is 6. The zero-order valence-corrected chi connectivity index (χ0v) is 16.2. The molecule has 3 rings (SSSR count). The number of hydrogen-bond acceptors (Lipinski definition) is 6. The number of carbonyl (C=O) groups excluding carboxylic acids is 1. The maximum atomic E-state index is 12.0. The summed E-state index contributed by atoms with van der Waals surface area (Å²) in [7, 11) is 1.60. The zero-order chi connectivity index (χ0) is 19.2. The van der Waals surface area contributed by atoms with Crippen LogP contribution in [0.5, 0.6) is 0 Å². The zero-order valence-electron chi connectivity index (χ0n) is 16.2. The van der Waals surface area contributed by atoms with Crippen molar-refractivity contribution in [1.82, 2.24) is 15.5 Å². The first-order valence-corrected chi connectivity index (χ1v) is 9.27. The highest BCUT2D eigenvalue weighted by atomic mass is 16.5. The smallest absolute Gasteiger partial charge is 0.271 e. The van der Waals surface area contributed by atoms with Crippen molar-refractivity contribution in [3.05, 3.63) is 47.2 Å². The monoisotopic (exact) mass is 369 g/mol. The molecule has 7 nitrogen and oxygen atoms in total. The molecule has 1 fully saturated rings. The minimum absolute atomic E-state index is 0.231. The number of piperazine rings is 1. The predicted molar refractivity (Wildman–Crippen MR) is 107 cm³/mol. The molecule has 144 valence electrons. The highest BCUT2D eigenvalue weighted by Crippen LogP contribution is 2.24. The third kappa shape index (κ3) is 4.54. The van der Waals surface area contributed by atoms with E-state index >= 15 is 0 Å². The van der Waals surface area contributed by atoms with Gasteiger partial charge in [-0.3, -0.25) is 4.79 Å². The summed E-state index contributed by atoms with van der Waals surface area (Å²) >= 11 is 0. The summed E-state index contributed by atoms with van der Waals surface area (Å²) in [5.41, 5.74) is 4.29. The topological polar surface area (TPSA) is 70.6 Å². The number of nitrogens with one attached hydrogen (secondary N) is 1. The van der Waals surface area contributed by atoms with Gasteiger partial charge in [0.1, 0.15) is 0 Å². The molecule has 1 aromatic carbocycles. The lowest BCUT2D eigenvalue weighted by Gasteiger charge is -2.37. The summed E-state index contributed by atoms with van der Waals surface area (Å²) in [6.45, 7) is 8.89. The third-order valence-corrected chi connectivity index (χ3v) is 5.00. The van der Waals surface area contributed by atoms with E-state index in [0.717, 1.165) is 32.0 Å². The van der Waals surface area contributed by atoms with Crippen LogP contribution in [0.3, 0.4) is 0 Å².